The Morgan fingerprint density at radius 1 is 1.25 bits per heavy atom. The van der Waals surface area contributed by atoms with E-state index in [2.05, 4.69) is 27.4 Å². The summed E-state index contributed by atoms with van der Waals surface area (Å²) in [6.45, 7) is 10.7. The summed E-state index contributed by atoms with van der Waals surface area (Å²) >= 11 is 0. The molecule has 2 aliphatic rings. The monoisotopic (exact) mass is 166 g/mol. The molecule has 0 radical (unpaired) electrons. The minimum Gasteiger partial charge on any atom is -0.358 e. The summed E-state index contributed by atoms with van der Waals surface area (Å²) in [6, 6.07) is 0. The second kappa shape index (κ2) is 1.95. The van der Waals surface area contributed by atoms with Gasteiger partial charge in [-0.1, -0.05) is 19.9 Å². The van der Waals surface area contributed by atoms with Crippen LogP contribution >= 0.6 is 0 Å². The zero-order valence-electron chi connectivity index (χ0n) is 8.31. The Morgan fingerprint density at radius 2 is 1.92 bits per heavy atom. The average Bonchev–Trinajstić information content (AvgIpc) is 2.58. The third-order valence-corrected chi connectivity index (χ3v) is 3.88. The molecule has 1 heterocycles. The van der Waals surface area contributed by atoms with E-state index in [1.165, 1.54) is 19.3 Å². The Morgan fingerprint density at radius 3 is 2.33 bits per heavy atom. The van der Waals surface area contributed by atoms with Gasteiger partial charge in [-0.15, -0.1) is 6.58 Å². The molecule has 1 heteroatoms. The predicted molar refractivity (Wildman–Crippen MR) is 50.1 cm³/mol. The third kappa shape index (κ3) is 0.687. The van der Waals surface area contributed by atoms with Crippen molar-refractivity contribution in [2.45, 2.75) is 51.2 Å². The van der Waals surface area contributed by atoms with Crippen LogP contribution in [0.4, 0.5) is 0 Å². The van der Waals surface area contributed by atoms with E-state index in [0.717, 1.165) is 0 Å². The third-order valence-electron chi connectivity index (χ3n) is 3.88. The predicted octanol–water partition coefficient (Wildman–Crippen LogP) is 2.91. The second-order valence-corrected chi connectivity index (χ2v) is 5.01. The van der Waals surface area contributed by atoms with E-state index in [9.17, 15) is 0 Å². The summed E-state index contributed by atoms with van der Waals surface area (Å²) in [5.74, 6) is 0. The molecule has 1 saturated heterocycles. The van der Waals surface area contributed by atoms with Crippen LogP contribution in [0.1, 0.15) is 40.0 Å². The highest BCUT2D eigenvalue weighted by molar-refractivity contribution is 5.29. The van der Waals surface area contributed by atoms with Crippen LogP contribution in [0, 0.1) is 5.41 Å². The van der Waals surface area contributed by atoms with E-state index in [1.54, 1.807) is 0 Å². The smallest absolute Gasteiger partial charge is 0.120 e. The van der Waals surface area contributed by atoms with Gasteiger partial charge in [0.05, 0.1) is 5.60 Å². The summed E-state index contributed by atoms with van der Waals surface area (Å²) in [5, 5.41) is 0. The molecular formula is C11H18O. The van der Waals surface area contributed by atoms with Crippen molar-refractivity contribution >= 4 is 0 Å². The largest absolute Gasteiger partial charge is 0.358 e. The molecule has 0 aromatic rings. The first-order chi connectivity index (χ1) is 5.47. The Bertz CT molecular complexity index is 231. The van der Waals surface area contributed by atoms with Gasteiger partial charge >= 0.3 is 0 Å². The van der Waals surface area contributed by atoms with Crippen LogP contribution in [0.3, 0.4) is 0 Å². The molecule has 1 saturated carbocycles. The van der Waals surface area contributed by atoms with Crippen molar-refractivity contribution in [2.75, 3.05) is 0 Å². The molecule has 2 unspecified atom stereocenters. The van der Waals surface area contributed by atoms with Crippen LogP contribution in [-0.4, -0.2) is 11.2 Å². The zero-order chi connectivity index (χ0) is 9.04. The fourth-order valence-electron chi connectivity index (χ4n) is 3.01. The normalized spacial score (nSPS) is 49.6. The lowest BCUT2D eigenvalue weighted by atomic mass is 9.64. The average molecular weight is 166 g/mol. The molecule has 2 atom stereocenters. The molecule has 1 nitrogen and oxygen atoms in total. The molecule has 0 spiro atoms. The maximum Gasteiger partial charge on any atom is 0.120 e. The minimum absolute atomic E-state index is 0.0156. The van der Waals surface area contributed by atoms with Gasteiger partial charge in [-0.05, 0) is 26.2 Å². The molecule has 0 N–H and O–H groups in total. The second-order valence-electron chi connectivity index (χ2n) is 5.01. The molecular weight excluding hydrogens is 148 g/mol. The number of rotatable bonds is 1. The molecule has 1 aliphatic carbocycles. The lowest BCUT2D eigenvalue weighted by Gasteiger charge is -2.36. The zero-order valence-corrected chi connectivity index (χ0v) is 8.31. The van der Waals surface area contributed by atoms with Crippen molar-refractivity contribution in [1.29, 1.82) is 0 Å². The van der Waals surface area contributed by atoms with E-state index in [-0.39, 0.29) is 16.6 Å². The molecule has 2 fully saturated rings. The summed E-state index contributed by atoms with van der Waals surface area (Å²) in [4.78, 5) is 0. The highest BCUT2D eigenvalue weighted by atomic mass is 16.6. The van der Waals surface area contributed by atoms with Gasteiger partial charge in [-0.2, -0.15) is 0 Å². The van der Waals surface area contributed by atoms with Crippen molar-refractivity contribution in [2.24, 2.45) is 5.41 Å². The summed E-state index contributed by atoms with van der Waals surface area (Å²) in [5.41, 5.74) is 0.372. The Kier molecular flexibility index (Phi) is 1.35. The van der Waals surface area contributed by atoms with Crippen LogP contribution < -0.4 is 0 Å². The highest BCUT2D eigenvalue weighted by Gasteiger charge is 2.72. The fraction of sp³-hybridized carbons (Fsp3) is 0.818. The number of fused-ring (bicyclic) bond motifs is 1. The van der Waals surface area contributed by atoms with E-state index in [1.807, 2.05) is 6.08 Å². The maximum atomic E-state index is 5.90. The molecule has 2 rings (SSSR count). The van der Waals surface area contributed by atoms with Gasteiger partial charge in [0.1, 0.15) is 5.60 Å². The number of ether oxygens (including phenoxy) is 1. The van der Waals surface area contributed by atoms with Crippen LogP contribution in [0.5, 0.6) is 0 Å². The summed E-state index contributed by atoms with van der Waals surface area (Å²) in [6.07, 6.45) is 5.77. The van der Waals surface area contributed by atoms with Gasteiger partial charge < -0.3 is 4.74 Å². The number of hydrogen-bond acceptors (Lipinski definition) is 1. The Hall–Kier alpha value is -0.300. The lowest BCUT2D eigenvalue weighted by Crippen LogP contribution is -2.40. The molecule has 0 bridgehead atoms. The first-order valence-corrected chi connectivity index (χ1v) is 4.81. The SMILES string of the molecule is C=CC12OC1(C)CCCC2(C)C. The van der Waals surface area contributed by atoms with Crippen molar-refractivity contribution in [3.8, 4) is 0 Å². The van der Waals surface area contributed by atoms with E-state index in [0.29, 0.717) is 0 Å². The fourth-order valence-corrected chi connectivity index (χ4v) is 3.01. The Balaban J connectivity index is 2.36. The standard InChI is InChI=1S/C11H18O/c1-5-11-9(2,3)7-6-8-10(11,4)12-11/h5H,1,6-8H2,2-4H3. The Labute approximate surface area is 74.8 Å². The number of hydrogen-bond donors (Lipinski definition) is 0. The highest BCUT2D eigenvalue weighted by Crippen LogP contribution is 2.65. The van der Waals surface area contributed by atoms with Crippen LogP contribution in [0.25, 0.3) is 0 Å². The van der Waals surface area contributed by atoms with Gasteiger partial charge in [-0.25, -0.2) is 0 Å². The molecule has 0 aromatic carbocycles. The van der Waals surface area contributed by atoms with E-state index in [4.69, 9.17) is 4.74 Å². The summed E-state index contributed by atoms with van der Waals surface area (Å²) in [7, 11) is 0. The topological polar surface area (TPSA) is 12.5 Å². The van der Waals surface area contributed by atoms with Crippen molar-refractivity contribution in [1.82, 2.24) is 0 Å². The van der Waals surface area contributed by atoms with Crippen molar-refractivity contribution in [3.63, 3.8) is 0 Å². The van der Waals surface area contributed by atoms with Gasteiger partial charge in [0.15, 0.2) is 0 Å². The molecule has 12 heavy (non-hydrogen) atoms. The van der Waals surface area contributed by atoms with Gasteiger partial charge in [0.2, 0.25) is 0 Å². The summed E-state index contributed by atoms with van der Waals surface area (Å²) < 4.78 is 5.90. The molecule has 0 amide bonds. The van der Waals surface area contributed by atoms with Gasteiger partial charge in [-0.3, -0.25) is 0 Å². The van der Waals surface area contributed by atoms with Crippen LogP contribution in [0.15, 0.2) is 12.7 Å². The van der Waals surface area contributed by atoms with Crippen LogP contribution in [-0.2, 0) is 4.74 Å². The van der Waals surface area contributed by atoms with Crippen molar-refractivity contribution < 1.29 is 4.74 Å². The molecule has 0 aromatic heterocycles. The van der Waals surface area contributed by atoms with Gasteiger partial charge in [0, 0.05) is 5.41 Å². The molecule has 1 aliphatic heterocycles. The van der Waals surface area contributed by atoms with Crippen LogP contribution in [0.2, 0.25) is 0 Å². The number of epoxide rings is 1. The van der Waals surface area contributed by atoms with Crippen molar-refractivity contribution in [3.05, 3.63) is 12.7 Å². The first kappa shape index (κ1) is 8.31. The minimum atomic E-state index is -0.0156. The first-order valence-electron chi connectivity index (χ1n) is 4.81. The lowest BCUT2D eigenvalue weighted by molar-refractivity contribution is 0.166. The van der Waals surface area contributed by atoms with Gasteiger partial charge in [0.25, 0.3) is 0 Å². The molecule has 68 valence electrons. The maximum absolute atomic E-state index is 5.90. The van der Waals surface area contributed by atoms with E-state index >= 15 is 0 Å². The quantitative estimate of drug-likeness (QED) is 0.431. The van der Waals surface area contributed by atoms with E-state index < -0.39 is 0 Å².